The molecule has 0 aliphatic carbocycles. The van der Waals surface area contributed by atoms with Crippen LogP contribution in [0.2, 0.25) is 0 Å². The molecule has 0 aromatic carbocycles. The number of halogens is 3. The summed E-state index contributed by atoms with van der Waals surface area (Å²) in [5.74, 6) is 0.432. The van der Waals surface area contributed by atoms with Gasteiger partial charge in [0.1, 0.15) is 17.3 Å². The summed E-state index contributed by atoms with van der Waals surface area (Å²) in [7, 11) is -2.60. The van der Waals surface area contributed by atoms with E-state index in [9.17, 15) is 21.6 Å². The fourth-order valence-electron chi connectivity index (χ4n) is 1.56. The Bertz CT molecular complexity index is 529. The Hall–Kier alpha value is -1.35. The highest BCUT2D eigenvalue weighted by Crippen LogP contribution is 2.23. The fourth-order valence-corrected chi connectivity index (χ4v) is 3.03. The van der Waals surface area contributed by atoms with E-state index in [4.69, 9.17) is 0 Å². The zero-order valence-electron chi connectivity index (χ0n) is 11.1. The zero-order chi connectivity index (χ0) is 15.4. The van der Waals surface area contributed by atoms with Crippen molar-refractivity contribution in [3.05, 3.63) is 18.3 Å². The van der Waals surface area contributed by atoms with Gasteiger partial charge in [0.15, 0.2) is 0 Å². The van der Waals surface area contributed by atoms with Crippen LogP contribution in [0.1, 0.15) is 13.3 Å². The summed E-state index contributed by atoms with van der Waals surface area (Å²) in [5, 5.41) is 2.70. The molecule has 0 fully saturated rings. The molecule has 9 heteroatoms. The van der Waals surface area contributed by atoms with Gasteiger partial charge in [-0.25, -0.2) is 13.4 Å². The molecule has 0 unspecified atom stereocenters. The third kappa shape index (κ3) is 4.34. The van der Waals surface area contributed by atoms with Crippen molar-refractivity contribution >= 4 is 15.8 Å². The van der Waals surface area contributed by atoms with E-state index in [2.05, 4.69) is 10.3 Å². The number of aromatic nitrogens is 1. The number of anilines is 1. The number of sulfonamides is 1. The highest BCUT2D eigenvalue weighted by Gasteiger charge is 2.36. The molecule has 0 aliphatic rings. The van der Waals surface area contributed by atoms with Crippen LogP contribution in [0.15, 0.2) is 23.2 Å². The van der Waals surface area contributed by atoms with Gasteiger partial charge in [-0.3, -0.25) is 0 Å². The SMILES string of the molecule is CCCN(CC(F)(F)F)S(=O)(=O)c1ccc(NC)nc1. The maximum Gasteiger partial charge on any atom is 0.402 e. The van der Waals surface area contributed by atoms with Gasteiger partial charge < -0.3 is 5.32 Å². The molecule has 0 saturated carbocycles. The van der Waals surface area contributed by atoms with E-state index in [1.54, 1.807) is 14.0 Å². The molecule has 20 heavy (non-hydrogen) atoms. The number of nitrogens with zero attached hydrogens (tertiary/aromatic N) is 2. The van der Waals surface area contributed by atoms with Crippen molar-refractivity contribution in [1.29, 1.82) is 0 Å². The third-order valence-corrected chi connectivity index (χ3v) is 4.29. The first-order chi connectivity index (χ1) is 9.20. The highest BCUT2D eigenvalue weighted by atomic mass is 32.2. The molecule has 1 N–H and O–H groups in total. The lowest BCUT2D eigenvalue weighted by Gasteiger charge is -2.22. The second-order valence-electron chi connectivity index (χ2n) is 4.08. The normalized spacial score (nSPS) is 12.7. The van der Waals surface area contributed by atoms with Crippen LogP contribution in [0.25, 0.3) is 0 Å². The highest BCUT2D eigenvalue weighted by molar-refractivity contribution is 7.89. The van der Waals surface area contributed by atoms with Crippen LogP contribution in [0.5, 0.6) is 0 Å². The quantitative estimate of drug-likeness (QED) is 0.874. The molecule has 0 amide bonds. The lowest BCUT2D eigenvalue weighted by molar-refractivity contribution is -0.136. The maximum atomic E-state index is 12.5. The summed E-state index contributed by atoms with van der Waals surface area (Å²) in [6.45, 7) is -0.0895. The molecule has 1 aromatic rings. The van der Waals surface area contributed by atoms with Crippen LogP contribution >= 0.6 is 0 Å². The number of hydrogen-bond donors (Lipinski definition) is 1. The van der Waals surface area contributed by atoms with Crippen molar-refractivity contribution in [2.24, 2.45) is 0 Å². The monoisotopic (exact) mass is 311 g/mol. The molecular weight excluding hydrogens is 295 g/mol. The van der Waals surface area contributed by atoms with Crippen molar-refractivity contribution in [3.63, 3.8) is 0 Å². The Morgan fingerprint density at radius 2 is 2.00 bits per heavy atom. The third-order valence-electron chi connectivity index (χ3n) is 2.46. The Balaban J connectivity index is 3.08. The minimum atomic E-state index is -4.58. The molecule has 1 rings (SSSR count). The lowest BCUT2D eigenvalue weighted by atomic mass is 10.4. The van der Waals surface area contributed by atoms with E-state index in [1.165, 1.54) is 12.1 Å². The molecule has 0 atom stereocenters. The number of rotatable bonds is 6. The molecule has 114 valence electrons. The number of nitrogens with one attached hydrogen (secondary N) is 1. The minimum Gasteiger partial charge on any atom is -0.373 e. The van der Waals surface area contributed by atoms with Gasteiger partial charge in [0.25, 0.3) is 0 Å². The average Bonchev–Trinajstić information content (AvgIpc) is 2.37. The molecule has 1 aromatic heterocycles. The maximum absolute atomic E-state index is 12.5. The predicted octanol–water partition coefficient (Wildman–Crippen LogP) is 2.09. The molecule has 0 saturated heterocycles. The van der Waals surface area contributed by atoms with Gasteiger partial charge in [-0.2, -0.15) is 17.5 Å². The van der Waals surface area contributed by atoms with Crippen LogP contribution < -0.4 is 5.32 Å². The average molecular weight is 311 g/mol. The van der Waals surface area contributed by atoms with E-state index in [1.807, 2.05) is 0 Å². The van der Waals surface area contributed by atoms with E-state index in [0.717, 1.165) is 6.20 Å². The predicted molar refractivity (Wildman–Crippen MR) is 68.9 cm³/mol. The lowest BCUT2D eigenvalue weighted by Crippen LogP contribution is -2.39. The smallest absolute Gasteiger partial charge is 0.373 e. The fraction of sp³-hybridized carbons (Fsp3) is 0.545. The molecule has 0 radical (unpaired) electrons. The number of hydrogen-bond acceptors (Lipinski definition) is 4. The summed E-state index contributed by atoms with van der Waals surface area (Å²) in [5.41, 5.74) is 0. The van der Waals surface area contributed by atoms with Gasteiger partial charge in [0.05, 0.1) is 0 Å². The van der Waals surface area contributed by atoms with E-state index in [-0.39, 0.29) is 17.9 Å². The van der Waals surface area contributed by atoms with Crippen molar-refractivity contribution in [2.45, 2.75) is 24.4 Å². The Kier molecular flexibility index (Phi) is 5.35. The van der Waals surface area contributed by atoms with Crippen molar-refractivity contribution in [2.75, 3.05) is 25.5 Å². The molecule has 0 aliphatic heterocycles. The second kappa shape index (κ2) is 6.40. The molecular formula is C11H16F3N3O2S. The Morgan fingerprint density at radius 3 is 2.40 bits per heavy atom. The second-order valence-corrected chi connectivity index (χ2v) is 6.02. The largest absolute Gasteiger partial charge is 0.402 e. The van der Waals surface area contributed by atoms with Gasteiger partial charge in [0, 0.05) is 19.8 Å². The van der Waals surface area contributed by atoms with E-state index >= 15 is 0 Å². The first kappa shape index (κ1) is 16.7. The summed E-state index contributed by atoms with van der Waals surface area (Å²) in [4.78, 5) is 3.55. The zero-order valence-corrected chi connectivity index (χ0v) is 11.9. The number of pyridine rings is 1. The van der Waals surface area contributed by atoms with Crippen molar-refractivity contribution in [1.82, 2.24) is 9.29 Å². The van der Waals surface area contributed by atoms with Crippen LogP contribution in [0.4, 0.5) is 19.0 Å². The van der Waals surface area contributed by atoms with Crippen LogP contribution in [-0.2, 0) is 10.0 Å². The number of alkyl halides is 3. The van der Waals surface area contributed by atoms with Crippen molar-refractivity contribution in [3.8, 4) is 0 Å². The summed E-state index contributed by atoms with van der Waals surface area (Å²) in [6.07, 6.45) is -3.25. The molecule has 1 heterocycles. The van der Waals surface area contributed by atoms with E-state index in [0.29, 0.717) is 10.1 Å². The Labute approximate surface area is 115 Å². The first-order valence-electron chi connectivity index (χ1n) is 5.91. The van der Waals surface area contributed by atoms with Crippen LogP contribution in [0.3, 0.4) is 0 Å². The van der Waals surface area contributed by atoms with Gasteiger partial charge in [-0.05, 0) is 18.6 Å². The van der Waals surface area contributed by atoms with Crippen molar-refractivity contribution < 1.29 is 21.6 Å². The summed E-state index contributed by atoms with van der Waals surface area (Å²) >= 11 is 0. The Morgan fingerprint density at radius 1 is 1.35 bits per heavy atom. The summed E-state index contributed by atoms with van der Waals surface area (Å²) < 4.78 is 62.1. The summed E-state index contributed by atoms with van der Waals surface area (Å²) in [6, 6.07) is 2.62. The molecule has 5 nitrogen and oxygen atoms in total. The van der Waals surface area contributed by atoms with Gasteiger partial charge in [0.2, 0.25) is 10.0 Å². The first-order valence-corrected chi connectivity index (χ1v) is 7.35. The molecule has 0 spiro atoms. The van der Waals surface area contributed by atoms with Gasteiger partial charge >= 0.3 is 6.18 Å². The van der Waals surface area contributed by atoms with Gasteiger partial charge in [-0.15, -0.1) is 0 Å². The van der Waals surface area contributed by atoms with Gasteiger partial charge in [-0.1, -0.05) is 6.92 Å². The standard InChI is InChI=1S/C11H16F3N3O2S/c1-3-6-17(8-11(12,13)14)20(18,19)9-4-5-10(15-2)16-7-9/h4-5,7H,3,6,8H2,1-2H3,(H,15,16). The minimum absolute atomic E-state index is 0.199. The topological polar surface area (TPSA) is 62.3 Å². The van der Waals surface area contributed by atoms with Crippen LogP contribution in [-0.4, -0.2) is 44.0 Å². The molecule has 0 bridgehead atoms. The van der Waals surface area contributed by atoms with E-state index < -0.39 is 22.7 Å². The van der Waals surface area contributed by atoms with Crippen LogP contribution in [0, 0.1) is 0 Å².